The summed E-state index contributed by atoms with van der Waals surface area (Å²) < 4.78 is 1.19. The Kier molecular flexibility index (Phi) is 3.58. The third-order valence-electron chi connectivity index (χ3n) is 3.95. The normalized spacial score (nSPS) is 16.3. The first-order chi connectivity index (χ1) is 10.6. The molecule has 1 atom stereocenters. The fourth-order valence-electron chi connectivity index (χ4n) is 2.81. The second-order valence-electron chi connectivity index (χ2n) is 5.26. The van der Waals surface area contributed by atoms with Gasteiger partial charge in [0.05, 0.1) is 6.04 Å². The number of benzene rings is 1. The lowest BCUT2D eigenvalue weighted by Crippen LogP contribution is -2.33. The number of nitro groups is 1. The molecule has 2 aromatic rings. The van der Waals surface area contributed by atoms with Crippen molar-refractivity contribution >= 4 is 11.9 Å². The van der Waals surface area contributed by atoms with Crippen LogP contribution in [0.3, 0.4) is 0 Å². The SMILES string of the molecule is CN(C(=O)Cn1cnc([N+](=O)[O-])n1)[C@H]1CCc2ccccc21. The zero-order valence-electron chi connectivity index (χ0n) is 12.0. The van der Waals surface area contributed by atoms with Gasteiger partial charge < -0.3 is 15.0 Å². The quantitative estimate of drug-likeness (QED) is 0.627. The molecule has 22 heavy (non-hydrogen) atoms. The Morgan fingerprint density at radius 2 is 2.27 bits per heavy atom. The van der Waals surface area contributed by atoms with E-state index in [0.29, 0.717) is 0 Å². The summed E-state index contributed by atoms with van der Waals surface area (Å²) in [7, 11) is 1.75. The average molecular weight is 301 g/mol. The number of nitrogens with zero attached hydrogens (tertiary/aromatic N) is 5. The fraction of sp³-hybridized carbons (Fsp3) is 0.357. The van der Waals surface area contributed by atoms with Crippen molar-refractivity contribution in [3.05, 3.63) is 51.8 Å². The maximum Gasteiger partial charge on any atom is 0.490 e. The number of aromatic nitrogens is 3. The summed E-state index contributed by atoms with van der Waals surface area (Å²) in [5.41, 5.74) is 2.44. The van der Waals surface area contributed by atoms with Crippen LogP contribution in [0.1, 0.15) is 23.6 Å². The van der Waals surface area contributed by atoms with Crippen LogP contribution in [-0.4, -0.2) is 37.5 Å². The summed E-state index contributed by atoms with van der Waals surface area (Å²) in [5, 5.41) is 14.2. The molecule has 1 amide bonds. The van der Waals surface area contributed by atoms with Crippen molar-refractivity contribution in [1.29, 1.82) is 0 Å². The number of aryl methyl sites for hydroxylation is 1. The van der Waals surface area contributed by atoms with E-state index in [4.69, 9.17) is 0 Å². The first-order valence-corrected chi connectivity index (χ1v) is 6.93. The monoisotopic (exact) mass is 301 g/mol. The molecule has 8 nitrogen and oxygen atoms in total. The molecule has 1 heterocycles. The number of carbonyl (C=O) groups is 1. The largest absolute Gasteiger partial charge is 0.490 e. The fourth-order valence-corrected chi connectivity index (χ4v) is 2.81. The molecule has 0 spiro atoms. The topological polar surface area (TPSA) is 94.2 Å². The van der Waals surface area contributed by atoms with Gasteiger partial charge in [-0.2, -0.15) is 4.68 Å². The van der Waals surface area contributed by atoms with Crippen molar-refractivity contribution < 1.29 is 9.72 Å². The first-order valence-electron chi connectivity index (χ1n) is 6.93. The van der Waals surface area contributed by atoms with Gasteiger partial charge in [0.2, 0.25) is 12.2 Å². The predicted molar refractivity (Wildman–Crippen MR) is 77.0 cm³/mol. The summed E-state index contributed by atoms with van der Waals surface area (Å²) >= 11 is 0. The van der Waals surface area contributed by atoms with Crippen molar-refractivity contribution in [2.75, 3.05) is 7.05 Å². The molecule has 0 bridgehead atoms. The molecule has 1 aliphatic carbocycles. The average Bonchev–Trinajstić information content (AvgIpc) is 3.13. The Morgan fingerprint density at radius 3 is 3.00 bits per heavy atom. The number of hydrogen-bond donors (Lipinski definition) is 0. The summed E-state index contributed by atoms with van der Waals surface area (Å²) in [4.78, 5) is 27.4. The molecule has 8 heteroatoms. The Balaban J connectivity index is 1.71. The van der Waals surface area contributed by atoms with Gasteiger partial charge in [0.1, 0.15) is 6.54 Å². The standard InChI is InChI=1S/C14H15N5O3/c1-17(12-7-6-10-4-2-3-5-11(10)12)13(20)8-18-9-15-14(16-18)19(21)22/h2-5,9,12H,6-8H2,1H3/t12-/m0/s1. The van der Waals surface area contributed by atoms with E-state index in [9.17, 15) is 14.9 Å². The van der Waals surface area contributed by atoms with Gasteiger partial charge in [-0.3, -0.25) is 4.79 Å². The number of hydrogen-bond acceptors (Lipinski definition) is 5. The summed E-state index contributed by atoms with van der Waals surface area (Å²) in [5.74, 6) is -0.650. The third-order valence-corrected chi connectivity index (χ3v) is 3.95. The minimum absolute atomic E-state index is 0.0437. The van der Waals surface area contributed by atoms with Crippen molar-refractivity contribution in [3.8, 4) is 0 Å². The Labute approximate surface area is 126 Å². The summed E-state index contributed by atoms with van der Waals surface area (Å²) in [6, 6.07) is 8.13. The van der Waals surface area contributed by atoms with Crippen molar-refractivity contribution in [3.63, 3.8) is 0 Å². The Hall–Kier alpha value is -2.77. The second kappa shape index (κ2) is 5.55. The van der Waals surface area contributed by atoms with Crippen LogP contribution < -0.4 is 0 Å². The van der Waals surface area contributed by atoms with Crippen LogP contribution in [0, 0.1) is 10.1 Å². The van der Waals surface area contributed by atoms with E-state index in [2.05, 4.69) is 16.1 Å². The predicted octanol–water partition coefficient (Wildman–Crippen LogP) is 1.33. The zero-order valence-corrected chi connectivity index (χ0v) is 12.0. The van der Waals surface area contributed by atoms with Gasteiger partial charge in [0.15, 0.2) is 0 Å². The van der Waals surface area contributed by atoms with Crippen LogP contribution in [-0.2, 0) is 17.8 Å². The highest BCUT2D eigenvalue weighted by atomic mass is 16.6. The molecule has 0 radical (unpaired) electrons. The Bertz CT molecular complexity index is 727. The van der Waals surface area contributed by atoms with Gasteiger partial charge in [0, 0.05) is 12.1 Å². The van der Waals surface area contributed by atoms with Gasteiger partial charge in [-0.1, -0.05) is 29.2 Å². The molecule has 0 fully saturated rings. The van der Waals surface area contributed by atoms with Gasteiger partial charge >= 0.3 is 5.95 Å². The number of rotatable bonds is 4. The lowest BCUT2D eigenvalue weighted by atomic mass is 10.1. The number of amides is 1. The highest BCUT2D eigenvalue weighted by molar-refractivity contribution is 5.76. The maximum absolute atomic E-state index is 12.4. The van der Waals surface area contributed by atoms with E-state index in [1.54, 1.807) is 11.9 Å². The molecule has 0 unspecified atom stereocenters. The molecular formula is C14H15N5O3. The number of carbonyl (C=O) groups excluding carboxylic acids is 1. The van der Waals surface area contributed by atoms with Crippen LogP contribution in [0.4, 0.5) is 5.95 Å². The maximum atomic E-state index is 12.4. The highest BCUT2D eigenvalue weighted by Gasteiger charge is 2.29. The molecule has 0 saturated heterocycles. The van der Waals surface area contributed by atoms with E-state index < -0.39 is 10.9 Å². The second-order valence-corrected chi connectivity index (χ2v) is 5.26. The molecule has 1 aliphatic rings. The minimum atomic E-state index is -0.683. The van der Waals surface area contributed by atoms with Crippen LogP contribution >= 0.6 is 0 Å². The van der Waals surface area contributed by atoms with Crippen molar-refractivity contribution in [2.24, 2.45) is 0 Å². The van der Waals surface area contributed by atoms with E-state index in [-0.39, 0.29) is 18.5 Å². The molecular weight excluding hydrogens is 286 g/mol. The molecule has 0 aliphatic heterocycles. The van der Waals surface area contributed by atoms with Crippen molar-refractivity contribution in [1.82, 2.24) is 19.7 Å². The highest BCUT2D eigenvalue weighted by Crippen LogP contribution is 2.34. The van der Waals surface area contributed by atoms with Crippen molar-refractivity contribution in [2.45, 2.75) is 25.4 Å². The zero-order chi connectivity index (χ0) is 15.7. The van der Waals surface area contributed by atoms with Gasteiger partial charge in [-0.05, 0) is 28.9 Å². The number of likely N-dealkylation sites (N-methyl/N-ethyl adjacent to an activating group) is 1. The third kappa shape index (κ3) is 2.54. The van der Waals surface area contributed by atoms with E-state index in [0.717, 1.165) is 12.8 Å². The summed E-state index contributed by atoms with van der Waals surface area (Å²) in [6.45, 7) is -0.0595. The van der Waals surface area contributed by atoms with Gasteiger partial charge in [-0.25, -0.2) is 0 Å². The Morgan fingerprint density at radius 1 is 1.50 bits per heavy atom. The molecule has 0 N–H and O–H groups in total. The van der Waals surface area contributed by atoms with Crippen LogP contribution in [0.2, 0.25) is 0 Å². The lowest BCUT2D eigenvalue weighted by Gasteiger charge is -2.25. The van der Waals surface area contributed by atoms with E-state index in [1.807, 2.05) is 18.2 Å². The lowest BCUT2D eigenvalue weighted by molar-refractivity contribution is -0.394. The van der Waals surface area contributed by atoms with Crippen LogP contribution in [0.5, 0.6) is 0 Å². The summed E-state index contributed by atoms with van der Waals surface area (Å²) in [6.07, 6.45) is 3.04. The molecule has 3 rings (SSSR count). The van der Waals surface area contributed by atoms with Gasteiger partial charge in [0.25, 0.3) is 0 Å². The first kappa shape index (κ1) is 14.2. The minimum Gasteiger partial charge on any atom is -0.390 e. The molecule has 1 aromatic heterocycles. The smallest absolute Gasteiger partial charge is 0.390 e. The van der Waals surface area contributed by atoms with Crippen LogP contribution in [0.15, 0.2) is 30.6 Å². The molecule has 0 saturated carbocycles. The molecule has 114 valence electrons. The van der Waals surface area contributed by atoms with Gasteiger partial charge in [-0.15, -0.1) is 0 Å². The number of fused-ring (bicyclic) bond motifs is 1. The van der Waals surface area contributed by atoms with Crippen LogP contribution in [0.25, 0.3) is 0 Å². The molecule has 1 aromatic carbocycles. The van der Waals surface area contributed by atoms with E-state index in [1.165, 1.54) is 22.1 Å². The van der Waals surface area contributed by atoms with E-state index >= 15 is 0 Å².